The van der Waals surface area contributed by atoms with Gasteiger partial charge in [-0.2, -0.15) is 0 Å². The Morgan fingerprint density at radius 1 is 1.00 bits per heavy atom. The van der Waals surface area contributed by atoms with Crippen molar-refractivity contribution in [1.82, 2.24) is 14.5 Å². The van der Waals surface area contributed by atoms with E-state index in [2.05, 4.69) is 68.8 Å². The first kappa shape index (κ1) is 16.8. The molecular formula is C23H28N4. The maximum atomic E-state index is 5.09. The van der Waals surface area contributed by atoms with Crippen molar-refractivity contribution in [2.24, 2.45) is 0 Å². The van der Waals surface area contributed by atoms with E-state index in [-0.39, 0.29) is 11.1 Å². The minimum atomic E-state index is -0.0950. The summed E-state index contributed by atoms with van der Waals surface area (Å²) in [5, 5.41) is 3.87. The van der Waals surface area contributed by atoms with Gasteiger partial charge in [-0.15, -0.1) is 0 Å². The number of rotatable bonds is 0. The van der Waals surface area contributed by atoms with Gasteiger partial charge in [0.2, 0.25) is 0 Å². The van der Waals surface area contributed by atoms with Crippen LogP contribution in [0.4, 0.5) is 5.82 Å². The van der Waals surface area contributed by atoms with E-state index in [1.807, 2.05) is 0 Å². The Hall–Kier alpha value is -2.36. The summed E-state index contributed by atoms with van der Waals surface area (Å²) in [7, 11) is 0. The number of anilines is 1. The van der Waals surface area contributed by atoms with Gasteiger partial charge in [-0.05, 0) is 74.9 Å². The molecule has 1 aliphatic heterocycles. The van der Waals surface area contributed by atoms with Crippen LogP contribution in [0.2, 0.25) is 0 Å². The monoisotopic (exact) mass is 360 g/mol. The molecule has 0 saturated heterocycles. The van der Waals surface area contributed by atoms with Crippen LogP contribution in [0.5, 0.6) is 0 Å². The van der Waals surface area contributed by atoms with E-state index >= 15 is 0 Å². The van der Waals surface area contributed by atoms with Crippen molar-refractivity contribution in [2.45, 2.75) is 71.4 Å². The van der Waals surface area contributed by atoms with Gasteiger partial charge >= 0.3 is 0 Å². The minimum absolute atomic E-state index is 0.0331. The molecule has 1 N–H and O–H groups in total. The van der Waals surface area contributed by atoms with Gasteiger partial charge in [-0.1, -0.05) is 20.8 Å². The number of hydrogen-bond acceptors (Lipinski definition) is 3. The van der Waals surface area contributed by atoms with Gasteiger partial charge in [0.25, 0.3) is 0 Å². The summed E-state index contributed by atoms with van der Waals surface area (Å²) in [6, 6.07) is 8.91. The number of nitrogens with one attached hydrogen (secondary N) is 1. The summed E-state index contributed by atoms with van der Waals surface area (Å²) in [5.41, 5.74) is 7.14. The standard InChI is InChI=1S/C23H28N4/c1-14-12-17-18(13-15(14)2)27-21(24-17)16-8-9-19(22(3,4)5)25-20(16)26-23(27)10-6-7-11-23/h8-9,12-13H,6-7,10-11H2,1-5H3,(H,25,26). The fourth-order valence-corrected chi connectivity index (χ4v) is 4.68. The highest BCUT2D eigenvalue weighted by Crippen LogP contribution is 2.48. The van der Waals surface area contributed by atoms with Gasteiger partial charge in [-0.3, -0.25) is 4.57 Å². The quantitative estimate of drug-likeness (QED) is 0.562. The zero-order valence-corrected chi connectivity index (χ0v) is 17.0. The Balaban J connectivity index is 1.82. The maximum absolute atomic E-state index is 5.09. The van der Waals surface area contributed by atoms with Crippen molar-refractivity contribution < 1.29 is 0 Å². The number of aromatic nitrogens is 3. The lowest BCUT2D eigenvalue weighted by atomic mass is 9.91. The fourth-order valence-electron chi connectivity index (χ4n) is 4.68. The van der Waals surface area contributed by atoms with Crippen LogP contribution in [-0.4, -0.2) is 14.5 Å². The van der Waals surface area contributed by atoms with Crippen molar-refractivity contribution >= 4 is 16.9 Å². The number of aryl methyl sites for hydroxylation is 2. The van der Waals surface area contributed by atoms with Crippen LogP contribution in [0.1, 0.15) is 63.3 Å². The van der Waals surface area contributed by atoms with Crippen molar-refractivity contribution in [3.63, 3.8) is 0 Å². The van der Waals surface area contributed by atoms with E-state index in [1.54, 1.807) is 0 Å². The summed E-state index contributed by atoms with van der Waals surface area (Å²) in [5.74, 6) is 2.07. The van der Waals surface area contributed by atoms with Crippen molar-refractivity contribution in [1.29, 1.82) is 0 Å². The van der Waals surface area contributed by atoms with E-state index in [1.165, 1.54) is 29.5 Å². The van der Waals surface area contributed by atoms with Crippen LogP contribution >= 0.6 is 0 Å². The van der Waals surface area contributed by atoms with Gasteiger partial charge in [0.15, 0.2) is 0 Å². The van der Waals surface area contributed by atoms with Crippen LogP contribution in [0.25, 0.3) is 22.4 Å². The molecule has 4 nitrogen and oxygen atoms in total. The molecule has 1 spiro atoms. The highest BCUT2D eigenvalue weighted by Gasteiger charge is 2.43. The first-order valence-corrected chi connectivity index (χ1v) is 10.1. The minimum Gasteiger partial charge on any atom is -0.346 e. The highest BCUT2D eigenvalue weighted by molar-refractivity contribution is 5.87. The Bertz CT molecular complexity index is 1060. The summed E-state index contributed by atoms with van der Waals surface area (Å²) in [6.07, 6.45) is 4.73. The molecular weight excluding hydrogens is 332 g/mol. The second kappa shape index (κ2) is 5.34. The SMILES string of the molecule is Cc1cc2nc3n(c2cc1C)C1(CCCC1)Nc1nc(C(C)(C)C)ccc1-3. The summed E-state index contributed by atoms with van der Waals surface area (Å²) in [6.45, 7) is 11.0. The molecule has 0 radical (unpaired) electrons. The molecule has 0 amide bonds. The smallest absolute Gasteiger partial charge is 0.146 e. The number of benzene rings is 1. The van der Waals surface area contributed by atoms with Crippen LogP contribution < -0.4 is 5.32 Å². The third-order valence-corrected chi connectivity index (χ3v) is 6.38. The molecule has 1 aliphatic carbocycles. The molecule has 140 valence electrons. The molecule has 5 rings (SSSR count). The number of fused-ring (bicyclic) bond motifs is 6. The van der Waals surface area contributed by atoms with E-state index in [4.69, 9.17) is 9.97 Å². The van der Waals surface area contributed by atoms with Gasteiger partial charge in [0.05, 0.1) is 16.6 Å². The third kappa shape index (κ3) is 2.35. The second-order valence-electron chi connectivity index (χ2n) is 9.40. The van der Waals surface area contributed by atoms with Gasteiger partial charge < -0.3 is 5.32 Å². The third-order valence-electron chi connectivity index (χ3n) is 6.38. The number of nitrogens with zero attached hydrogens (tertiary/aromatic N) is 3. The lowest BCUT2D eigenvalue weighted by Crippen LogP contribution is -2.42. The Labute approximate surface area is 161 Å². The van der Waals surface area contributed by atoms with Crippen molar-refractivity contribution in [3.8, 4) is 11.4 Å². The molecule has 3 heterocycles. The molecule has 27 heavy (non-hydrogen) atoms. The van der Waals surface area contributed by atoms with Gasteiger partial charge in [0.1, 0.15) is 17.3 Å². The predicted molar refractivity (Wildman–Crippen MR) is 111 cm³/mol. The summed E-state index contributed by atoms with van der Waals surface area (Å²) < 4.78 is 2.47. The lowest BCUT2D eigenvalue weighted by molar-refractivity contribution is 0.350. The highest BCUT2D eigenvalue weighted by atomic mass is 15.3. The van der Waals surface area contributed by atoms with Crippen LogP contribution in [0.3, 0.4) is 0 Å². The normalized spacial score (nSPS) is 17.8. The largest absolute Gasteiger partial charge is 0.346 e. The molecule has 0 unspecified atom stereocenters. The molecule has 0 atom stereocenters. The van der Waals surface area contributed by atoms with Crippen molar-refractivity contribution in [3.05, 3.63) is 41.1 Å². The maximum Gasteiger partial charge on any atom is 0.146 e. The molecule has 1 saturated carbocycles. The molecule has 1 fully saturated rings. The Morgan fingerprint density at radius 2 is 1.70 bits per heavy atom. The second-order valence-corrected chi connectivity index (χ2v) is 9.40. The summed E-state index contributed by atoms with van der Waals surface area (Å²) >= 11 is 0. The Kier molecular flexibility index (Phi) is 3.32. The fraction of sp³-hybridized carbons (Fsp3) is 0.478. The zero-order valence-electron chi connectivity index (χ0n) is 17.0. The predicted octanol–water partition coefficient (Wildman–Crippen LogP) is 5.66. The molecule has 3 aromatic rings. The molecule has 0 bridgehead atoms. The van der Waals surface area contributed by atoms with E-state index < -0.39 is 0 Å². The molecule has 1 aromatic carbocycles. The first-order valence-electron chi connectivity index (χ1n) is 10.1. The van der Waals surface area contributed by atoms with E-state index in [9.17, 15) is 0 Å². The molecule has 4 heteroatoms. The zero-order chi connectivity index (χ0) is 19.0. The summed E-state index contributed by atoms with van der Waals surface area (Å²) in [4.78, 5) is 10.1. The first-order chi connectivity index (χ1) is 12.8. The number of imidazole rings is 1. The van der Waals surface area contributed by atoms with Gasteiger partial charge in [-0.25, -0.2) is 9.97 Å². The number of hydrogen-bond donors (Lipinski definition) is 1. The van der Waals surface area contributed by atoms with E-state index in [0.29, 0.717) is 0 Å². The van der Waals surface area contributed by atoms with Crippen molar-refractivity contribution in [2.75, 3.05) is 5.32 Å². The average molecular weight is 361 g/mol. The average Bonchev–Trinajstić information content (AvgIpc) is 3.20. The topological polar surface area (TPSA) is 42.7 Å². The molecule has 2 aliphatic rings. The lowest BCUT2D eigenvalue weighted by Gasteiger charge is -2.39. The van der Waals surface area contributed by atoms with Crippen LogP contribution in [-0.2, 0) is 11.1 Å². The van der Waals surface area contributed by atoms with Gasteiger partial charge in [0, 0.05) is 11.1 Å². The Morgan fingerprint density at radius 3 is 2.41 bits per heavy atom. The molecule has 2 aromatic heterocycles. The van der Waals surface area contributed by atoms with Crippen LogP contribution in [0, 0.1) is 13.8 Å². The number of pyridine rings is 1. The van der Waals surface area contributed by atoms with Crippen LogP contribution in [0.15, 0.2) is 24.3 Å². The van der Waals surface area contributed by atoms with E-state index in [0.717, 1.165) is 41.3 Å².